The first-order chi connectivity index (χ1) is 11.2. The first kappa shape index (κ1) is 18.7. The maximum absolute atomic E-state index is 12.7. The summed E-state index contributed by atoms with van der Waals surface area (Å²) in [7, 11) is 0. The van der Waals surface area contributed by atoms with Crippen LogP contribution in [-0.4, -0.2) is 33.4 Å². The van der Waals surface area contributed by atoms with Gasteiger partial charge in [-0.2, -0.15) is 0 Å². The van der Waals surface area contributed by atoms with Crippen LogP contribution in [0, 0.1) is 17.8 Å². The number of carbonyl (C=O) groups excluding carboxylic acids is 1. The molecule has 2 rings (SSSR count). The minimum absolute atomic E-state index is 0.00376. The molecule has 1 unspecified atom stereocenters. The van der Waals surface area contributed by atoms with Gasteiger partial charge >= 0.3 is 0 Å². The SMILES string of the molecule is CC(C)[C@@H]1CC[C@@H](C)C[C@@]1(O)C(=O)NCC(O)c1cccc(O)c1. The molecule has 0 heterocycles. The molecular weight excluding hydrogens is 306 g/mol. The van der Waals surface area contributed by atoms with E-state index in [-0.39, 0.29) is 24.1 Å². The molecule has 5 heteroatoms. The lowest BCUT2D eigenvalue weighted by Gasteiger charge is -2.43. The van der Waals surface area contributed by atoms with Crippen LogP contribution < -0.4 is 5.32 Å². The Kier molecular flexibility index (Phi) is 5.88. The molecule has 1 fully saturated rings. The van der Waals surface area contributed by atoms with E-state index < -0.39 is 17.6 Å². The van der Waals surface area contributed by atoms with Gasteiger partial charge in [0, 0.05) is 6.54 Å². The van der Waals surface area contributed by atoms with Crippen molar-refractivity contribution in [1.82, 2.24) is 5.32 Å². The summed E-state index contributed by atoms with van der Waals surface area (Å²) in [6.07, 6.45) is 1.37. The number of phenolic OH excluding ortho intramolecular Hbond substituents is 1. The Bertz CT molecular complexity index is 574. The fourth-order valence-electron chi connectivity index (χ4n) is 3.83. The minimum Gasteiger partial charge on any atom is -0.508 e. The molecular formula is C19H29NO4. The molecule has 4 atom stereocenters. The van der Waals surface area contributed by atoms with Gasteiger partial charge in [0.15, 0.2) is 0 Å². The maximum Gasteiger partial charge on any atom is 0.252 e. The molecule has 1 aliphatic carbocycles. The zero-order valence-corrected chi connectivity index (χ0v) is 14.7. The van der Waals surface area contributed by atoms with Crippen molar-refractivity contribution >= 4 is 5.91 Å². The van der Waals surface area contributed by atoms with Crippen LogP contribution in [0.3, 0.4) is 0 Å². The van der Waals surface area contributed by atoms with Crippen molar-refractivity contribution in [3.63, 3.8) is 0 Å². The van der Waals surface area contributed by atoms with Gasteiger partial charge in [-0.3, -0.25) is 4.79 Å². The van der Waals surface area contributed by atoms with Crippen molar-refractivity contribution in [2.75, 3.05) is 6.54 Å². The molecule has 1 aromatic rings. The molecule has 0 spiro atoms. The van der Waals surface area contributed by atoms with Crippen LogP contribution in [0.25, 0.3) is 0 Å². The van der Waals surface area contributed by atoms with Crippen molar-refractivity contribution in [3.05, 3.63) is 29.8 Å². The van der Waals surface area contributed by atoms with E-state index in [0.717, 1.165) is 12.8 Å². The van der Waals surface area contributed by atoms with E-state index in [1.807, 2.05) is 13.8 Å². The molecule has 24 heavy (non-hydrogen) atoms. The number of aliphatic hydroxyl groups is 2. The van der Waals surface area contributed by atoms with Crippen LogP contribution in [-0.2, 0) is 4.79 Å². The van der Waals surface area contributed by atoms with Crippen LogP contribution in [0.5, 0.6) is 5.75 Å². The van der Waals surface area contributed by atoms with Crippen LogP contribution >= 0.6 is 0 Å². The number of hydrogen-bond acceptors (Lipinski definition) is 4. The summed E-state index contributed by atoms with van der Waals surface area (Å²) < 4.78 is 0. The number of hydrogen-bond donors (Lipinski definition) is 4. The third-order valence-corrected chi connectivity index (χ3v) is 5.15. The summed E-state index contributed by atoms with van der Waals surface area (Å²) in [5.41, 5.74) is -0.857. The standard InChI is InChI=1S/C19H29NO4/c1-12(2)16-8-7-13(3)10-19(16,24)18(23)20-11-17(22)14-5-4-6-15(21)9-14/h4-6,9,12-13,16-17,21-22,24H,7-8,10-11H2,1-3H3,(H,20,23)/t13-,16+,17?,19+/m1/s1. The van der Waals surface area contributed by atoms with Gasteiger partial charge in [0.25, 0.3) is 5.91 Å². The Morgan fingerprint density at radius 3 is 2.71 bits per heavy atom. The van der Waals surface area contributed by atoms with Gasteiger partial charge in [0.2, 0.25) is 0 Å². The highest BCUT2D eigenvalue weighted by atomic mass is 16.3. The molecule has 4 N–H and O–H groups in total. The molecule has 0 aromatic heterocycles. The molecule has 1 saturated carbocycles. The summed E-state index contributed by atoms with van der Waals surface area (Å²) >= 11 is 0. The van der Waals surface area contributed by atoms with Gasteiger partial charge in [-0.15, -0.1) is 0 Å². The van der Waals surface area contributed by atoms with Crippen molar-refractivity contribution < 1.29 is 20.1 Å². The van der Waals surface area contributed by atoms with E-state index in [1.54, 1.807) is 12.1 Å². The maximum atomic E-state index is 12.7. The van der Waals surface area contributed by atoms with E-state index in [4.69, 9.17) is 0 Å². The van der Waals surface area contributed by atoms with Crippen molar-refractivity contribution in [2.45, 2.75) is 51.7 Å². The predicted molar refractivity (Wildman–Crippen MR) is 92.4 cm³/mol. The van der Waals surface area contributed by atoms with Gasteiger partial charge < -0.3 is 20.6 Å². The fourth-order valence-corrected chi connectivity index (χ4v) is 3.83. The topological polar surface area (TPSA) is 89.8 Å². The second-order valence-electron chi connectivity index (χ2n) is 7.48. The van der Waals surface area contributed by atoms with E-state index in [1.165, 1.54) is 12.1 Å². The zero-order valence-electron chi connectivity index (χ0n) is 14.7. The first-order valence-corrected chi connectivity index (χ1v) is 8.71. The van der Waals surface area contributed by atoms with Crippen LogP contribution in [0.1, 0.15) is 51.7 Å². The number of amides is 1. The zero-order chi connectivity index (χ0) is 17.9. The highest BCUT2D eigenvalue weighted by Crippen LogP contribution is 2.41. The fraction of sp³-hybridized carbons (Fsp3) is 0.632. The van der Waals surface area contributed by atoms with Gasteiger partial charge in [-0.05, 0) is 48.3 Å². The summed E-state index contributed by atoms with van der Waals surface area (Å²) in [6, 6.07) is 6.31. The van der Waals surface area contributed by atoms with Gasteiger partial charge in [-0.25, -0.2) is 0 Å². The normalized spacial score (nSPS) is 28.6. The Labute approximate surface area is 143 Å². The molecule has 5 nitrogen and oxygen atoms in total. The van der Waals surface area contributed by atoms with Gasteiger partial charge in [-0.1, -0.05) is 39.3 Å². The average molecular weight is 335 g/mol. The third-order valence-electron chi connectivity index (χ3n) is 5.15. The largest absolute Gasteiger partial charge is 0.508 e. The molecule has 0 saturated heterocycles. The monoisotopic (exact) mass is 335 g/mol. The molecule has 0 bridgehead atoms. The number of rotatable bonds is 5. The van der Waals surface area contributed by atoms with Crippen molar-refractivity contribution in [1.29, 1.82) is 0 Å². The predicted octanol–water partition coefficient (Wildman–Crippen LogP) is 2.37. The van der Waals surface area contributed by atoms with Gasteiger partial charge in [0.1, 0.15) is 11.4 Å². The van der Waals surface area contributed by atoms with Crippen LogP contribution in [0.15, 0.2) is 24.3 Å². The minimum atomic E-state index is -1.38. The van der Waals surface area contributed by atoms with Gasteiger partial charge in [0.05, 0.1) is 6.10 Å². The van der Waals surface area contributed by atoms with E-state index >= 15 is 0 Å². The third kappa shape index (κ3) is 4.08. The second-order valence-corrected chi connectivity index (χ2v) is 7.48. The summed E-state index contributed by atoms with van der Waals surface area (Å²) in [5, 5.41) is 33.4. The summed E-state index contributed by atoms with van der Waals surface area (Å²) in [4.78, 5) is 12.7. The molecule has 0 aliphatic heterocycles. The molecule has 1 aliphatic rings. The number of phenols is 1. The van der Waals surface area contributed by atoms with Crippen molar-refractivity contribution in [3.8, 4) is 5.75 Å². The quantitative estimate of drug-likeness (QED) is 0.665. The summed E-state index contributed by atoms with van der Waals surface area (Å²) in [6.45, 7) is 6.11. The average Bonchev–Trinajstić information content (AvgIpc) is 2.51. The Balaban J connectivity index is 2.04. The van der Waals surface area contributed by atoms with E-state index in [9.17, 15) is 20.1 Å². The second kappa shape index (κ2) is 7.53. The lowest BCUT2D eigenvalue weighted by Crippen LogP contribution is -2.56. The first-order valence-electron chi connectivity index (χ1n) is 8.71. The number of nitrogens with one attached hydrogen (secondary N) is 1. The number of carbonyl (C=O) groups is 1. The summed E-state index contributed by atoms with van der Waals surface area (Å²) in [5.74, 6) is 0.0898. The number of aliphatic hydroxyl groups excluding tert-OH is 1. The Morgan fingerprint density at radius 1 is 1.38 bits per heavy atom. The number of benzene rings is 1. The Morgan fingerprint density at radius 2 is 2.08 bits per heavy atom. The Hall–Kier alpha value is -1.59. The molecule has 1 amide bonds. The molecule has 0 radical (unpaired) electrons. The van der Waals surface area contributed by atoms with Crippen LogP contribution in [0.4, 0.5) is 0 Å². The lowest BCUT2D eigenvalue weighted by atomic mass is 9.66. The van der Waals surface area contributed by atoms with E-state index in [0.29, 0.717) is 17.9 Å². The lowest BCUT2D eigenvalue weighted by molar-refractivity contribution is -0.156. The molecule has 134 valence electrons. The van der Waals surface area contributed by atoms with E-state index in [2.05, 4.69) is 12.2 Å². The van der Waals surface area contributed by atoms with Crippen molar-refractivity contribution in [2.24, 2.45) is 17.8 Å². The highest BCUT2D eigenvalue weighted by molar-refractivity contribution is 5.85. The number of aromatic hydroxyl groups is 1. The smallest absolute Gasteiger partial charge is 0.252 e. The van der Waals surface area contributed by atoms with Crippen LogP contribution in [0.2, 0.25) is 0 Å². The molecule has 1 aromatic carbocycles. The highest BCUT2D eigenvalue weighted by Gasteiger charge is 2.48.